The predicted molar refractivity (Wildman–Crippen MR) is 86.9 cm³/mol. The molecular formula is C19H17F2NO3. The summed E-state index contributed by atoms with van der Waals surface area (Å²) in [5.41, 5.74) is 2.47. The number of nitrogens with zero attached hydrogens (tertiary/aromatic N) is 1. The molecule has 1 aliphatic rings. The van der Waals surface area contributed by atoms with E-state index < -0.39 is 17.6 Å². The molecule has 3 rings (SSSR count). The lowest BCUT2D eigenvalue weighted by Gasteiger charge is -2.34. The van der Waals surface area contributed by atoms with Crippen LogP contribution in [-0.4, -0.2) is 28.4 Å². The number of carboxylic acids is 1. The van der Waals surface area contributed by atoms with Crippen molar-refractivity contribution in [2.75, 3.05) is 6.54 Å². The van der Waals surface area contributed by atoms with Gasteiger partial charge in [-0.2, -0.15) is 0 Å². The van der Waals surface area contributed by atoms with E-state index in [9.17, 15) is 18.4 Å². The minimum Gasteiger partial charge on any atom is -0.481 e. The fourth-order valence-electron chi connectivity index (χ4n) is 3.06. The van der Waals surface area contributed by atoms with E-state index >= 15 is 0 Å². The maximum absolute atomic E-state index is 13.4. The highest BCUT2D eigenvalue weighted by Crippen LogP contribution is 2.36. The average Bonchev–Trinajstić information content (AvgIpc) is 2.55. The number of hydrogen-bond acceptors (Lipinski definition) is 2. The van der Waals surface area contributed by atoms with E-state index in [1.807, 2.05) is 24.3 Å². The van der Waals surface area contributed by atoms with Crippen LogP contribution in [0.15, 0.2) is 42.5 Å². The van der Waals surface area contributed by atoms with Gasteiger partial charge in [0.1, 0.15) is 0 Å². The molecule has 130 valence electrons. The zero-order chi connectivity index (χ0) is 18.0. The molecule has 0 aliphatic heterocycles. The molecule has 0 radical (unpaired) electrons. The number of rotatable bonds is 6. The number of fused-ring (bicyclic) bond motifs is 1. The number of carboxylic acid groups (broad SMARTS) is 1. The molecule has 0 fully saturated rings. The number of halogens is 2. The number of carbonyl (C=O) groups excluding carboxylic acids is 1. The van der Waals surface area contributed by atoms with Gasteiger partial charge in [-0.05, 0) is 35.2 Å². The van der Waals surface area contributed by atoms with Crippen molar-refractivity contribution in [3.8, 4) is 0 Å². The van der Waals surface area contributed by atoms with Gasteiger partial charge in [0, 0.05) is 13.1 Å². The second kappa shape index (κ2) is 7.01. The number of aliphatic carboxylic acids is 1. The Labute approximate surface area is 143 Å². The highest BCUT2D eigenvalue weighted by Gasteiger charge is 2.34. The van der Waals surface area contributed by atoms with Crippen LogP contribution in [-0.2, 0) is 22.6 Å². The molecule has 0 heterocycles. The molecule has 0 bridgehead atoms. The Balaban J connectivity index is 1.78. The molecule has 0 aromatic heterocycles. The van der Waals surface area contributed by atoms with Crippen molar-refractivity contribution in [2.24, 2.45) is 0 Å². The van der Waals surface area contributed by atoms with E-state index in [-0.39, 0.29) is 31.3 Å². The molecule has 0 saturated heterocycles. The van der Waals surface area contributed by atoms with Gasteiger partial charge < -0.3 is 10.0 Å². The zero-order valence-electron chi connectivity index (χ0n) is 13.4. The summed E-state index contributed by atoms with van der Waals surface area (Å²) in [6.07, 6.45) is 0.403. The van der Waals surface area contributed by atoms with Crippen molar-refractivity contribution in [1.29, 1.82) is 0 Å². The third-order valence-corrected chi connectivity index (χ3v) is 4.42. The van der Waals surface area contributed by atoms with Crippen LogP contribution >= 0.6 is 0 Å². The Hall–Kier alpha value is -2.76. The van der Waals surface area contributed by atoms with Gasteiger partial charge in [0.05, 0.1) is 12.3 Å². The molecule has 4 nitrogen and oxygen atoms in total. The number of carbonyl (C=O) groups is 2. The number of amides is 1. The fourth-order valence-corrected chi connectivity index (χ4v) is 3.06. The SMILES string of the molecule is O=C(O)CCN(Cc1ccc(F)c(F)c1)C(=O)C1Cc2ccccc21. The maximum atomic E-state index is 13.4. The molecule has 2 aromatic carbocycles. The maximum Gasteiger partial charge on any atom is 0.305 e. The molecule has 0 saturated carbocycles. The van der Waals surface area contributed by atoms with Crippen molar-refractivity contribution in [3.05, 3.63) is 70.8 Å². The highest BCUT2D eigenvalue weighted by molar-refractivity contribution is 5.87. The largest absolute Gasteiger partial charge is 0.481 e. The van der Waals surface area contributed by atoms with Crippen LogP contribution in [0.4, 0.5) is 8.78 Å². The summed E-state index contributed by atoms with van der Waals surface area (Å²) in [5, 5.41) is 8.91. The fraction of sp³-hybridized carbons (Fsp3) is 0.263. The van der Waals surface area contributed by atoms with E-state index in [1.54, 1.807) is 0 Å². The first kappa shape index (κ1) is 17.1. The van der Waals surface area contributed by atoms with Crippen molar-refractivity contribution in [2.45, 2.75) is 25.3 Å². The molecule has 1 amide bonds. The smallest absolute Gasteiger partial charge is 0.305 e. The minimum atomic E-state index is -1.02. The molecule has 1 unspecified atom stereocenters. The molecule has 1 atom stereocenters. The third kappa shape index (κ3) is 3.68. The Kier molecular flexibility index (Phi) is 4.79. The molecule has 25 heavy (non-hydrogen) atoms. The van der Waals surface area contributed by atoms with Gasteiger partial charge in [-0.15, -0.1) is 0 Å². The first-order valence-electron chi connectivity index (χ1n) is 7.98. The van der Waals surface area contributed by atoms with Crippen LogP contribution in [0.25, 0.3) is 0 Å². The van der Waals surface area contributed by atoms with E-state index in [2.05, 4.69) is 0 Å². The summed E-state index contributed by atoms with van der Waals surface area (Å²) < 4.78 is 26.5. The Bertz CT molecular complexity index is 822. The van der Waals surface area contributed by atoms with Gasteiger partial charge >= 0.3 is 5.97 Å². The molecule has 1 N–H and O–H groups in total. The predicted octanol–water partition coefficient (Wildman–Crippen LogP) is 3.11. The number of hydrogen-bond donors (Lipinski definition) is 1. The van der Waals surface area contributed by atoms with Crippen LogP contribution < -0.4 is 0 Å². The second-order valence-corrected chi connectivity index (χ2v) is 6.11. The zero-order valence-corrected chi connectivity index (χ0v) is 13.4. The molecule has 1 aliphatic carbocycles. The van der Waals surface area contributed by atoms with Gasteiger partial charge in [0.2, 0.25) is 5.91 Å². The van der Waals surface area contributed by atoms with Crippen LogP contribution in [0.1, 0.15) is 29.0 Å². The van der Waals surface area contributed by atoms with Crippen LogP contribution in [0.2, 0.25) is 0 Å². The minimum absolute atomic E-state index is 0.0197. The standard InChI is InChI=1S/C19H17F2NO3/c20-16-6-5-12(9-17(16)21)11-22(8-7-18(23)24)19(25)15-10-13-3-1-2-4-14(13)15/h1-6,9,15H,7-8,10-11H2,(H,23,24). The Morgan fingerprint density at radius 3 is 2.56 bits per heavy atom. The summed E-state index contributed by atoms with van der Waals surface area (Å²) in [7, 11) is 0. The Morgan fingerprint density at radius 1 is 1.12 bits per heavy atom. The van der Waals surface area contributed by atoms with Gasteiger partial charge in [-0.1, -0.05) is 30.3 Å². The summed E-state index contributed by atoms with van der Waals surface area (Å²) >= 11 is 0. The molecule has 2 aromatic rings. The lowest BCUT2D eigenvalue weighted by atomic mass is 9.77. The lowest BCUT2D eigenvalue weighted by molar-refractivity contribution is -0.139. The second-order valence-electron chi connectivity index (χ2n) is 6.11. The van der Waals surface area contributed by atoms with Crippen molar-refractivity contribution in [3.63, 3.8) is 0 Å². The topological polar surface area (TPSA) is 57.6 Å². The average molecular weight is 345 g/mol. The molecular weight excluding hydrogens is 328 g/mol. The van der Waals surface area contributed by atoms with Gasteiger partial charge in [-0.3, -0.25) is 9.59 Å². The van der Waals surface area contributed by atoms with Crippen molar-refractivity contribution >= 4 is 11.9 Å². The summed E-state index contributed by atoms with van der Waals surface area (Å²) in [4.78, 5) is 25.1. The number of benzene rings is 2. The summed E-state index contributed by atoms with van der Waals surface area (Å²) in [6.45, 7) is 0.0633. The van der Waals surface area contributed by atoms with Gasteiger partial charge in [0.25, 0.3) is 0 Å². The monoisotopic (exact) mass is 345 g/mol. The van der Waals surface area contributed by atoms with E-state index in [4.69, 9.17) is 5.11 Å². The van der Waals surface area contributed by atoms with E-state index in [0.717, 1.165) is 23.3 Å². The quantitative estimate of drug-likeness (QED) is 0.875. The molecule has 6 heteroatoms. The van der Waals surface area contributed by atoms with Crippen LogP contribution in [0, 0.1) is 11.6 Å². The lowest BCUT2D eigenvalue weighted by Crippen LogP contribution is -2.40. The van der Waals surface area contributed by atoms with E-state index in [0.29, 0.717) is 12.0 Å². The third-order valence-electron chi connectivity index (χ3n) is 4.42. The van der Waals surface area contributed by atoms with Crippen molar-refractivity contribution < 1.29 is 23.5 Å². The normalized spacial score (nSPS) is 15.2. The first-order valence-corrected chi connectivity index (χ1v) is 7.98. The van der Waals surface area contributed by atoms with Gasteiger partial charge in [0.15, 0.2) is 11.6 Å². The first-order chi connectivity index (χ1) is 12.0. The van der Waals surface area contributed by atoms with E-state index in [1.165, 1.54) is 11.0 Å². The van der Waals surface area contributed by atoms with Gasteiger partial charge in [-0.25, -0.2) is 8.78 Å². The molecule has 0 spiro atoms. The van der Waals surface area contributed by atoms with Crippen LogP contribution in [0.5, 0.6) is 0 Å². The summed E-state index contributed by atoms with van der Waals surface area (Å²) in [6, 6.07) is 11.0. The Morgan fingerprint density at radius 2 is 1.88 bits per heavy atom. The summed E-state index contributed by atoms with van der Waals surface area (Å²) in [5.74, 6) is -3.46. The van der Waals surface area contributed by atoms with Crippen molar-refractivity contribution in [1.82, 2.24) is 4.90 Å². The highest BCUT2D eigenvalue weighted by atomic mass is 19.2. The van der Waals surface area contributed by atoms with Crippen LogP contribution in [0.3, 0.4) is 0 Å².